The highest BCUT2D eigenvalue weighted by Crippen LogP contribution is 2.25. The number of piperazine rings is 1. The maximum absolute atomic E-state index is 12.4. The number of amides is 1. The highest BCUT2D eigenvalue weighted by atomic mass is 35.5. The first-order valence-corrected chi connectivity index (χ1v) is 8.46. The van der Waals surface area contributed by atoms with Crippen LogP contribution in [0.5, 0.6) is 5.75 Å². The van der Waals surface area contributed by atoms with Crippen molar-refractivity contribution in [1.82, 2.24) is 15.1 Å². The number of nitrogens with one attached hydrogen (secondary N) is 1. The summed E-state index contributed by atoms with van der Waals surface area (Å²) in [5.74, 6) is 0.0159. The lowest BCUT2D eigenvalue weighted by atomic mass is 10.0. The largest absolute Gasteiger partial charge is 0.507 e. The summed E-state index contributed by atoms with van der Waals surface area (Å²) in [7, 11) is 2.13. The van der Waals surface area contributed by atoms with Gasteiger partial charge in [-0.15, -0.1) is 0 Å². The van der Waals surface area contributed by atoms with E-state index in [9.17, 15) is 9.90 Å². The Bertz CT molecular complexity index is 522. The van der Waals surface area contributed by atoms with Crippen molar-refractivity contribution in [3.05, 3.63) is 28.8 Å². The van der Waals surface area contributed by atoms with Crippen LogP contribution in [0.25, 0.3) is 0 Å². The molecule has 5 nitrogen and oxygen atoms in total. The van der Waals surface area contributed by atoms with Gasteiger partial charge in [-0.3, -0.25) is 9.69 Å². The highest BCUT2D eigenvalue weighted by Gasteiger charge is 2.26. The van der Waals surface area contributed by atoms with E-state index in [0.29, 0.717) is 12.5 Å². The van der Waals surface area contributed by atoms with Crippen molar-refractivity contribution >= 4 is 17.5 Å². The highest BCUT2D eigenvalue weighted by molar-refractivity contribution is 6.34. The molecule has 1 aromatic carbocycles. The SMILES string of the molecule is CC(C)[C@@H](CNC(=O)c1c(O)cccc1Cl)N1CCN(C)CC1. The molecule has 128 valence electrons. The third-order valence-electron chi connectivity index (χ3n) is 4.47. The smallest absolute Gasteiger partial charge is 0.256 e. The second-order valence-electron chi connectivity index (χ2n) is 6.49. The Kier molecular flexibility index (Phi) is 6.27. The zero-order valence-electron chi connectivity index (χ0n) is 14.1. The molecule has 1 atom stereocenters. The Labute approximate surface area is 143 Å². The monoisotopic (exact) mass is 339 g/mol. The fourth-order valence-electron chi connectivity index (χ4n) is 2.96. The van der Waals surface area contributed by atoms with Gasteiger partial charge in [-0.25, -0.2) is 0 Å². The molecule has 2 N–H and O–H groups in total. The number of likely N-dealkylation sites (N-methyl/N-ethyl adjacent to an activating group) is 1. The van der Waals surface area contributed by atoms with Gasteiger partial charge in [0.2, 0.25) is 0 Å². The first kappa shape index (κ1) is 18.0. The third kappa shape index (κ3) is 4.59. The Morgan fingerprint density at radius 3 is 2.52 bits per heavy atom. The molecule has 1 aliphatic heterocycles. The van der Waals surface area contributed by atoms with Crippen molar-refractivity contribution in [3.63, 3.8) is 0 Å². The van der Waals surface area contributed by atoms with Crippen molar-refractivity contribution in [2.45, 2.75) is 19.9 Å². The summed E-state index contributed by atoms with van der Waals surface area (Å²) < 4.78 is 0. The number of phenolic OH excluding ortho intramolecular Hbond substituents is 1. The molecule has 1 aromatic rings. The first-order chi connectivity index (χ1) is 10.9. The summed E-state index contributed by atoms with van der Waals surface area (Å²) in [6.07, 6.45) is 0. The number of benzene rings is 1. The van der Waals surface area contributed by atoms with Crippen LogP contribution in [0.4, 0.5) is 0 Å². The van der Waals surface area contributed by atoms with Crippen LogP contribution in [0.1, 0.15) is 24.2 Å². The van der Waals surface area contributed by atoms with Crippen LogP contribution in [0, 0.1) is 5.92 Å². The second kappa shape index (κ2) is 7.99. The summed E-state index contributed by atoms with van der Waals surface area (Å²) in [5.41, 5.74) is 0.148. The Hall–Kier alpha value is -1.30. The van der Waals surface area contributed by atoms with Crippen LogP contribution < -0.4 is 5.32 Å². The van der Waals surface area contributed by atoms with Gasteiger partial charge < -0.3 is 15.3 Å². The number of carbonyl (C=O) groups excluding carboxylic acids is 1. The third-order valence-corrected chi connectivity index (χ3v) is 4.78. The number of carbonyl (C=O) groups is 1. The van der Waals surface area contributed by atoms with Gasteiger partial charge in [0, 0.05) is 38.8 Å². The number of hydrogen-bond donors (Lipinski definition) is 2. The molecule has 0 saturated carbocycles. The summed E-state index contributed by atoms with van der Waals surface area (Å²) in [6, 6.07) is 4.98. The molecule has 0 unspecified atom stereocenters. The number of nitrogens with zero attached hydrogens (tertiary/aromatic N) is 2. The zero-order chi connectivity index (χ0) is 17.0. The molecule has 1 amide bonds. The number of rotatable bonds is 5. The number of halogens is 1. The average Bonchev–Trinajstić information content (AvgIpc) is 2.48. The molecular formula is C17H26ClN3O2. The predicted molar refractivity (Wildman–Crippen MR) is 93.1 cm³/mol. The second-order valence-corrected chi connectivity index (χ2v) is 6.90. The van der Waals surface area contributed by atoms with Crippen LogP contribution in [0.3, 0.4) is 0 Å². The maximum atomic E-state index is 12.4. The van der Waals surface area contributed by atoms with E-state index in [-0.39, 0.29) is 28.3 Å². The molecule has 6 heteroatoms. The van der Waals surface area contributed by atoms with Crippen molar-refractivity contribution in [2.75, 3.05) is 39.8 Å². The van der Waals surface area contributed by atoms with Gasteiger partial charge in [0.15, 0.2) is 0 Å². The van der Waals surface area contributed by atoms with Crippen LogP contribution in [-0.4, -0.2) is 66.6 Å². The quantitative estimate of drug-likeness (QED) is 0.862. The summed E-state index contributed by atoms with van der Waals surface area (Å²) in [6.45, 7) is 8.99. The van der Waals surface area contributed by atoms with Crippen molar-refractivity contribution in [2.24, 2.45) is 5.92 Å². The fraction of sp³-hybridized carbons (Fsp3) is 0.588. The lowest BCUT2D eigenvalue weighted by molar-refractivity contribution is 0.0790. The zero-order valence-corrected chi connectivity index (χ0v) is 14.8. The summed E-state index contributed by atoms with van der Waals surface area (Å²) in [5, 5.41) is 13.1. The van der Waals surface area contributed by atoms with E-state index in [1.807, 2.05) is 0 Å². The fourth-order valence-corrected chi connectivity index (χ4v) is 3.22. The molecule has 1 saturated heterocycles. The van der Waals surface area contributed by atoms with E-state index in [1.165, 1.54) is 6.07 Å². The van der Waals surface area contributed by atoms with Gasteiger partial charge in [0.1, 0.15) is 5.75 Å². The number of hydrogen-bond acceptors (Lipinski definition) is 4. The van der Waals surface area contributed by atoms with Gasteiger partial charge in [0.05, 0.1) is 10.6 Å². The topological polar surface area (TPSA) is 55.8 Å². The molecule has 0 spiro atoms. The Balaban J connectivity index is 2.00. The minimum absolute atomic E-state index is 0.0873. The van der Waals surface area contributed by atoms with Crippen molar-refractivity contribution in [1.29, 1.82) is 0 Å². The predicted octanol–water partition coefficient (Wildman–Crippen LogP) is 2.05. The maximum Gasteiger partial charge on any atom is 0.256 e. The normalized spacial score (nSPS) is 18.1. The molecule has 0 aliphatic carbocycles. The van der Waals surface area contributed by atoms with Gasteiger partial charge in [-0.2, -0.15) is 0 Å². The van der Waals surface area contributed by atoms with E-state index in [4.69, 9.17) is 11.6 Å². The number of phenols is 1. The van der Waals surface area contributed by atoms with E-state index in [0.717, 1.165) is 26.2 Å². The lowest BCUT2D eigenvalue weighted by Crippen LogP contribution is -2.54. The molecule has 2 rings (SSSR count). The molecule has 1 heterocycles. The van der Waals surface area contributed by atoms with Gasteiger partial charge in [0.25, 0.3) is 5.91 Å². The van der Waals surface area contributed by atoms with Crippen LogP contribution >= 0.6 is 11.6 Å². The van der Waals surface area contributed by atoms with E-state index >= 15 is 0 Å². The minimum Gasteiger partial charge on any atom is -0.507 e. The van der Waals surface area contributed by atoms with E-state index < -0.39 is 0 Å². The summed E-state index contributed by atoms with van der Waals surface area (Å²) in [4.78, 5) is 17.1. The lowest BCUT2D eigenvalue weighted by Gasteiger charge is -2.39. The Morgan fingerprint density at radius 1 is 1.30 bits per heavy atom. The molecule has 23 heavy (non-hydrogen) atoms. The van der Waals surface area contributed by atoms with Gasteiger partial charge in [-0.05, 0) is 25.1 Å². The number of aromatic hydroxyl groups is 1. The standard InChI is InChI=1S/C17H26ClN3O2/c1-12(2)14(21-9-7-20(3)8-10-21)11-19-17(23)16-13(18)5-4-6-15(16)22/h4-6,12,14,22H,7-11H2,1-3H3,(H,19,23)/t14-/m1/s1. The molecule has 0 bridgehead atoms. The average molecular weight is 340 g/mol. The van der Waals surface area contributed by atoms with Crippen molar-refractivity contribution in [3.8, 4) is 5.75 Å². The molecular weight excluding hydrogens is 314 g/mol. The Morgan fingerprint density at radius 2 is 1.96 bits per heavy atom. The minimum atomic E-state index is -0.326. The molecule has 1 fully saturated rings. The van der Waals surface area contributed by atoms with Crippen LogP contribution in [0.15, 0.2) is 18.2 Å². The summed E-state index contributed by atoms with van der Waals surface area (Å²) >= 11 is 6.03. The van der Waals surface area contributed by atoms with Crippen LogP contribution in [0.2, 0.25) is 5.02 Å². The molecule has 1 aliphatic rings. The van der Waals surface area contributed by atoms with Crippen LogP contribution in [-0.2, 0) is 0 Å². The van der Waals surface area contributed by atoms with Crippen molar-refractivity contribution < 1.29 is 9.90 Å². The van der Waals surface area contributed by atoms with E-state index in [1.54, 1.807) is 12.1 Å². The van der Waals surface area contributed by atoms with Gasteiger partial charge >= 0.3 is 0 Å². The van der Waals surface area contributed by atoms with Gasteiger partial charge in [-0.1, -0.05) is 31.5 Å². The first-order valence-electron chi connectivity index (χ1n) is 8.08. The molecule has 0 aromatic heterocycles. The molecule has 0 radical (unpaired) electrons. The van der Waals surface area contributed by atoms with E-state index in [2.05, 4.69) is 36.0 Å².